The van der Waals surface area contributed by atoms with E-state index in [4.69, 9.17) is 0 Å². The molecular formula is C13H24N2. The molecule has 0 N–H and O–H groups in total. The number of rotatable bonds is 2. The molecule has 0 aromatic heterocycles. The Bertz CT molecular complexity index is 207. The van der Waals surface area contributed by atoms with Gasteiger partial charge in [-0.1, -0.05) is 12.8 Å². The van der Waals surface area contributed by atoms with Gasteiger partial charge in [0.15, 0.2) is 0 Å². The van der Waals surface area contributed by atoms with Gasteiger partial charge in [-0.25, -0.2) is 10.0 Å². The van der Waals surface area contributed by atoms with E-state index in [1.54, 1.807) is 0 Å². The lowest BCUT2D eigenvalue weighted by Gasteiger charge is -2.47. The fraction of sp³-hybridized carbons (Fsp3) is 1.00. The SMILES string of the molecule is C1CC(C2CCCCN2N2CCCC2)C1. The van der Waals surface area contributed by atoms with Gasteiger partial charge in [-0.3, -0.25) is 0 Å². The summed E-state index contributed by atoms with van der Waals surface area (Å²) in [4.78, 5) is 0. The maximum Gasteiger partial charge on any atom is 0.0274 e. The van der Waals surface area contributed by atoms with Crippen LogP contribution in [0.5, 0.6) is 0 Å². The molecule has 3 fully saturated rings. The Morgan fingerprint density at radius 1 is 0.667 bits per heavy atom. The van der Waals surface area contributed by atoms with Gasteiger partial charge in [-0.15, -0.1) is 0 Å². The summed E-state index contributed by atoms with van der Waals surface area (Å²) in [6.45, 7) is 4.02. The maximum absolute atomic E-state index is 2.76. The van der Waals surface area contributed by atoms with Gasteiger partial charge in [0.1, 0.15) is 0 Å². The molecule has 2 saturated heterocycles. The van der Waals surface area contributed by atoms with Gasteiger partial charge in [0, 0.05) is 25.7 Å². The van der Waals surface area contributed by atoms with Crippen molar-refractivity contribution in [2.75, 3.05) is 19.6 Å². The molecule has 0 radical (unpaired) electrons. The first-order valence-electron chi connectivity index (χ1n) is 6.96. The molecule has 3 rings (SSSR count). The fourth-order valence-electron chi connectivity index (χ4n) is 3.55. The Kier molecular flexibility index (Phi) is 2.98. The van der Waals surface area contributed by atoms with E-state index in [0.29, 0.717) is 0 Å². The van der Waals surface area contributed by atoms with Gasteiger partial charge in [0.25, 0.3) is 0 Å². The smallest absolute Gasteiger partial charge is 0.0274 e. The van der Waals surface area contributed by atoms with Crippen LogP contribution in [0.25, 0.3) is 0 Å². The van der Waals surface area contributed by atoms with Crippen LogP contribution in [-0.2, 0) is 0 Å². The molecular weight excluding hydrogens is 184 g/mol. The Morgan fingerprint density at radius 2 is 1.40 bits per heavy atom. The second-order valence-electron chi connectivity index (χ2n) is 5.58. The predicted octanol–water partition coefficient (Wildman–Crippen LogP) is 2.65. The van der Waals surface area contributed by atoms with E-state index in [0.717, 1.165) is 12.0 Å². The van der Waals surface area contributed by atoms with Crippen LogP contribution in [0.15, 0.2) is 0 Å². The van der Waals surface area contributed by atoms with E-state index < -0.39 is 0 Å². The molecule has 2 heterocycles. The van der Waals surface area contributed by atoms with Crippen molar-refractivity contribution in [2.45, 2.75) is 57.4 Å². The third-order valence-electron chi connectivity index (χ3n) is 4.66. The van der Waals surface area contributed by atoms with E-state index in [1.165, 1.54) is 71.0 Å². The van der Waals surface area contributed by atoms with Gasteiger partial charge in [0.2, 0.25) is 0 Å². The molecule has 1 aliphatic carbocycles. The Hall–Kier alpha value is -0.0800. The summed E-state index contributed by atoms with van der Waals surface area (Å²) in [5, 5.41) is 5.43. The largest absolute Gasteiger partial charge is 0.242 e. The average molecular weight is 208 g/mol. The molecule has 86 valence electrons. The number of hydrazine groups is 1. The first kappa shape index (κ1) is 10.1. The second-order valence-corrected chi connectivity index (χ2v) is 5.58. The van der Waals surface area contributed by atoms with Gasteiger partial charge < -0.3 is 0 Å². The molecule has 2 nitrogen and oxygen atoms in total. The Labute approximate surface area is 93.6 Å². The van der Waals surface area contributed by atoms with Crippen molar-refractivity contribution < 1.29 is 0 Å². The zero-order valence-electron chi connectivity index (χ0n) is 9.83. The topological polar surface area (TPSA) is 6.48 Å². The van der Waals surface area contributed by atoms with Crippen molar-refractivity contribution in [1.82, 2.24) is 10.0 Å². The minimum absolute atomic E-state index is 0.922. The first-order chi connectivity index (χ1) is 7.45. The van der Waals surface area contributed by atoms with E-state index in [1.807, 2.05) is 0 Å². The summed E-state index contributed by atoms with van der Waals surface area (Å²) < 4.78 is 0. The quantitative estimate of drug-likeness (QED) is 0.688. The average Bonchev–Trinajstić information content (AvgIpc) is 2.69. The van der Waals surface area contributed by atoms with Crippen LogP contribution < -0.4 is 0 Å². The second kappa shape index (κ2) is 4.42. The van der Waals surface area contributed by atoms with Gasteiger partial charge in [-0.2, -0.15) is 0 Å². The molecule has 0 amide bonds. The Morgan fingerprint density at radius 3 is 2.07 bits per heavy atom. The van der Waals surface area contributed by atoms with E-state index in [9.17, 15) is 0 Å². The molecule has 0 aromatic carbocycles. The lowest BCUT2D eigenvalue weighted by molar-refractivity contribution is -0.0922. The predicted molar refractivity (Wildman–Crippen MR) is 62.5 cm³/mol. The van der Waals surface area contributed by atoms with Crippen LogP contribution in [0.4, 0.5) is 0 Å². The molecule has 2 aliphatic heterocycles. The third kappa shape index (κ3) is 1.94. The zero-order chi connectivity index (χ0) is 10.1. The summed E-state index contributed by atoms with van der Waals surface area (Å²) in [7, 11) is 0. The van der Waals surface area contributed by atoms with E-state index in [2.05, 4.69) is 10.0 Å². The summed E-state index contributed by atoms with van der Waals surface area (Å²) in [6.07, 6.45) is 11.7. The van der Waals surface area contributed by atoms with Crippen LogP contribution in [0.1, 0.15) is 51.4 Å². The zero-order valence-corrected chi connectivity index (χ0v) is 9.83. The highest BCUT2D eigenvalue weighted by Crippen LogP contribution is 2.37. The molecule has 15 heavy (non-hydrogen) atoms. The number of hydrogen-bond acceptors (Lipinski definition) is 2. The molecule has 0 bridgehead atoms. The van der Waals surface area contributed by atoms with Crippen LogP contribution in [0.2, 0.25) is 0 Å². The van der Waals surface area contributed by atoms with Crippen LogP contribution in [0, 0.1) is 5.92 Å². The minimum atomic E-state index is 0.922. The van der Waals surface area contributed by atoms with Crippen molar-refractivity contribution in [2.24, 2.45) is 5.92 Å². The summed E-state index contributed by atoms with van der Waals surface area (Å²) in [5.74, 6) is 1.05. The van der Waals surface area contributed by atoms with Gasteiger partial charge >= 0.3 is 0 Å². The highest BCUT2D eigenvalue weighted by Gasteiger charge is 2.36. The van der Waals surface area contributed by atoms with Crippen LogP contribution in [0.3, 0.4) is 0 Å². The first-order valence-corrected chi connectivity index (χ1v) is 6.96. The standard InChI is InChI=1S/C13H24N2/c1-2-11-15(14-9-3-4-10-14)13(8-1)12-6-5-7-12/h12-13H,1-11H2. The Balaban J connectivity index is 1.65. The van der Waals surface area contributed by atoms with Crippen molar-refractivity contribution in [3.63, 3.8) is 0 Å². The molecule has 1 atom stereocenters. The highest BCUT2D eigenvalue weighted by molar-refractivity contribution is 4.87. The number of hydrogen-bond donors (Lipinski definition) is 0. The van der Waals surface area contributed by atoms with Crippen molar-refractivity contribution >= 4 is 0 Å². The van der Waals surface area contributed by atoms with Crippen molar-refractivity contribution in [3.05, 3.63) is 0 Å². The summed E-state index contributed by atoms with van der Waals surface area (Å²) in [5.41, 5.74) is 0. The van der Waals surface area contributed by atoms with Crippen LogP contribution in [-0.4, -0.2) is 35.7 Å². The number of piperidine rings is 1. The van der Waals surface area contributed by atoms with Gasteiger partial charge in [0.05, 0.1) is 0 Å². The monoisotopic (exact) mass is 208 g/mol. The fourth-order valence-corrected chi connectivity index (χ4v) is 3.55. The van der Waals surface area contributed by atoms with Crippen molar-refractivity contribution in [1.29, 1.82) is 0 Å². The molecule has 2 heteroatoms. The molecule has 3 aliphatic rings. The third-order valence-corrected chi connectivity index (χ3v) is 4.66. The summed E-state index contributed by atoms with van der Waals surface area (Å²) >= 11 is 0. The highest BCUT2D eigenvalue weighted by atomic mass is 15.6. The van der Waals surface area contributed by atoms with Gasteiger partial charge in [-0.05, 0) is 44.4 Å². The van der Waals surface area contributed by atoms with Crippen LogP contribution >= 0.6 is 0 Å². The molecule has 0 spiro atoms. The lowest BCUT2D eigenvalue weighted by Crippen LogP contribution is -2.53. The van der Waals surface area contributed by atoms with Crippen molar-refractivity contribution in [3.8, 4) is 0 Å². The summed E-state index contributed by atoms with van der Waals surface area (Å²) in [6, 6.07) is 0.922. The molecule has 1 saturated carbocycles. The minimum Gasteiger partial charge on any atom is -0.242 e. The lowest BCUT2D eigenvalue weighted by atomic mass is 9.76. The van der Waals surface area contributed by atoms with E-state index >= 15 is 0 Å². The maximum atomic E-state index is 2.76. The van der Waals surface area contributed by atoms with E-state index in [-0.39, 0.29) is 0 Å². The number of nitrogens with zero attached hydrogens (tertiary/aromatic N) is 2. The molecule has 0 aromatic rings. The normalized spacial score (nSPS) is 35.6. The molecule has 1 unspecified atom stereocenters.